The molecule has 1 aliphatic heterocycles. The molecule has 11 heteroatoms. The van der Waals surface area contributed by atoms with Gasteiger partial charge in [0.15, 0.2) is 6.17 Å². The highest BCUT2D eigenvalue weighted by molar-refractivity contribution is 5.93. The lowest BCUT2D eigenvalue weighted by Gasteiger charge is -2.39. The van der Waals surface area contributed by atoms with Gasteiger partial charge in [-0.25, -0.2) is 13.6 Å². The Balaban J connectivity index is 1.66. The molecule has 3 rings (SSSR count). The maximum absolute atomic E-state index is 13.6. The first-order valence-electron chi connectivity index (χ1n) is 7.89. The Kier molecular flexibility index (Phi) is 5.18. The Morgan fingerprint density at radius 3 is 2.48 bits per heavy atom. The third-order valence-electron chi connectivity index (χ3n) is 4.06. The van der Waals surface area contributed by atoms with Crippen molar-refractivity contribution in [3.05, 3.63) is 42.2 Å². The number of nitrogens with two attached hydrogens (primary N) is 1. The predicted molar refractivity (Wildman–Crippen MR) is 88.8 cm³/mol. The van der Waals surface area contributed by atoms with Gasteiger partial charge >= 0.3 is 12.2 Å². The van der Waals surface area contributed by atoms with E-state index < -0.39 is 42.7 Å². The minimum Gasteiger partial charge on any atom is -0.313 e. The van der Waals surface area contributed by atoms with Crippen LogP contribution in [0, 0.1) is 5.82 Å². The van der Waals surface area contributed by atoms with Crippen LogP contribution in [0.5, 0.6) is 0 Å². The molecule has 0 radical (unpaired) electrons. The first-order chi connectivity index (χ1) is 12.6. The van der Waals surface area contributed by atoms with Crippen molar-refractivity contribution < 1.29 is 26.7 Å². The van der Waals surface area contributed by atoms with Gasteiger partial charge in [-0.2, -0.15) is 13.2 Å². The van der Waals surface area contributed by atoms with Crippen molar-refractivity contribution in [3.63, 3.8) is 0 Å². The van der Waals surface area contributed by atoms with Crippen LogP contribution in [0.2, 0.25) is 0 Å². The number of fused-ring (bicyclic) bond motifs is 1. The fourth-order valence-electron chi connectivity index (χ4n) is 2.76. The average Bonchev–Trinajstić information content (AvgIpc) is 2.56. The molecule has 6 nitrogen and oxygen atoms in total. The van der Waals surface area contributed by atoms with Crippen molar-refractivity contribution in [2.24, 2.45) is 5.73 Å². The zero-order chi connectivity index (χ0) is 19.8. The lowest BCUT2D eigenvalue weighted by Crippen LogP contribution is -2.74. The Bertz CT molecular complexity index is 846. The van der Waals surface area contributed by atoms with Gasteiger partial charge in [-0.3, -0.25) is 10.6 Å². The second kappa shape index (κ2) is 7.25. The molecule has 4 atom stereocenters. The van der Waals surface area contributed by atoms with Crippen LogP contribution < -0.4 is 27.0 Å². The maximum Gasteiger partial charge on any atom is 0.406 e. The van der Waals surface area contributed by atoms with Gasteiger partial charge in [0, 0.05) is 5.69 Å². The highest BCUT2D eigenvalue weighted by Crippen LogP contribution is 2.27. The van der Waals surface area contributed by atoms with Gasteiger partial charge in [0.1, 0.15) is 18.1 Å². The summed E-state index contributed by atoms with van der Waals surface area (Å²) in [5.74, 6) is -0.451. The molecule has 1 heterocycles. The second-order valence-corrected chi connectivity index (χ2v) is 6.06. The lowest BCUT2D eigenvalue weighted by atomic mass is 10.1. The number of benzene rings is 2. The Morgan fingerprint density at radius 2 is 1.78 bits per heavy atom. The molecule has 1 fully saturated rings. The van der Waals surface area contributed by atoms with E-state index in [0.29, 0.717) is 11.1 Å². The summed E-state index contributed by atoms with van der Waals surface area (Å²) in [5, 5.41) is 10.1. The largest absolute Gasteiger partial charge is 0.406 e. The molecular formula is C16H16F5N5O. The van der Waals surface area contributed by atoms with Crippen molar-refractivity contribution in [1.29, 1.82) is 0 Å². The van der Waals surface area contributed by atoms with Gasteiger partial charge in [-0.05, 0) is 35.0 Å². The number of alkyl halides is 4. The second-order valence-electron chi connectivity index (χ2n) is 6.06. The number of nitrogens with one attached hydrogen (secondary N) is 4. The molecule has 0 aliphatic carbocycles. The van der Waals surface area contributed by atoms with E-state index in [2.05, 4.69) is 16.0 Å². The van der Waals surface area contributed by atoms with Gasteiger partial charge in [0.05, 0.1) is 6.17 Å². The smallest absolute Gasteiger partial charge is 0.313 e. The summed E-state index contributed by atoms with van der Waals surface area (Å²) in [6.45, 7) is 0. The molecule has 1 aliphatic rings. The van der Waals surface area contributed by atoms with Crippen LogP contribution in [-0.4, -0.2) is 36.9 Å². The predicted octanol–water partition coefficient (Wildman–Crippen LogP) is 2.13. The standard InChI is InChI=1S/C16H16F5N5O/c17-9-3-1-7-2-4-10(6-8(7)5-9)23-15(27)26-14-24-12(16(19,20)21)11(18)13(22)25-14/h1-6,11-14,24-25H,22H2,(H2,23,26,27). The van der Waals surface area contributed by atoms with Crippen LogP contribution in [-0.2, 0) is 0 Å². The molecule has 0 saturated carbocycles. The van der Waals surface area contributed by atoms with Gasteiger partial charge < -0.3 is 16.4 Å². The maximum atomic E-state index is 13.6. The number of urea groups is 1. The van der Waals surface area contributed by atoms with E-state index in [1.54, 1.807) is 18.2 Å². The lowest BCUT2D eigenvalue weighted by molar-refractivity contribution is -0.182. The molecule has 0 aromatic heterocycles. The van der Waals surface area contributed by atoms with Crippen LogP contribution in [0.4, 0.5) is 32.4 Å². The zero-order valence-electron chi connectivity index (χ0n) is 13.6. The number of carbonyl (C=O) groups is 1. The summed E-state index contributed by atoms with van der Waals surface area (Å²) in [7, 11) is 0. The van der Waals surface area contributed by atoms with E-state index >= 15 is 0 Å². The molecule has 2 amide bonds. The molecule has 0 bridgehead atoms. The van der Waals surface area contributed by atoms with Crippen LogP contribution in [0.1, 0.15) is 0 Å². The quantitative estimate of drug-likeness (QED) is 0.509. The Labute approximate surface area is 150 Å². The molecular weight excluding hydrogens is 373 g/mol. The summed E-state index contributed by atoms with van der Waals surface area (Å²) in [5.41, 5.74) is 5.62. The number of amides is 2. The third-order valence-corrected chi connectivity index (χ3v) is 4.06. The van der Waals surface area contributed by atoms with Gasteiger partial charge in [0.25, 0.3) is 0 Å². The van der Waals surface area contributed by atoms with E-state index in [1.807, 2.05) is 5.32 Å². The monoisotopic (exact) mass is 389 g/mol. The molecule has 2 aromatic carbocycles. The van der Waals surface area contributed by atoms with E-state index in [0.717, 1.165) is 5.39 Å². The van der Waals surface area contributed by atoms with E-state index in [-0.39, 0.29) is 0 Å². The van der Waals surface area contributed by atoms with Gasteiger partial charge in [-0.1, -0.05) is 12.1 Å². The number of carbonyl (C=O) groups excluding carboxylic acids is 1. The molecule has 27 heavy (non-hydrogen) atoms. The summed E-state index contributed by atoms with van der Waals surface area (Å²) in [6, 6.07) is 5.44. The minimum atomic E-state index is -4.88. The number of rotatable bonds is 2. The molecule has 0 spiro atoms. The van der Waals surface area contributed by atoms with E-state index in [1.165, 1.54) is 18.2 Å². The van der Waals surface area contributed by atoms with Gasteiger partial charge in [0.2, 0.25) is 0 Å². The van der Waals surface area contributed by atoms with Crippen molar-refractivity contribution in [2.45, 2.75) is 30.8 Å². The highest BCUT2D eigenvalue weighted by atomic mass is 19.4. The molecule has 6 N–H and O–H groups in total. The van der Waals surface area contributed by atoms with Crippen molar-refractivity contribution >= 4 is 22.5 Å². The SMILES string of the molecule is NC1NC(NC(=O)Nc2ccc3ccc(F)cc3c2)NC(C(F)(F)F)C1F. The molecule has 4 unspecified atom stereocenters. The first-order valence-corrected chi connectivity index (χ1v) is 7.89. The Morgan fingerprint density at radius 1 is 1.07 bits per heavy atom. The number of halogens is 5. The fourth-order valence-corrected chi connectivity index (χ4v) is 2.76. The summed E-state index contributed by atoms with van der Waals surface area (Å²) >= 11 is 0. The summed E-state index contributed by atoms with van der Waals surface area (Å²) in [4.78, 5) is 12.0. The molecule has 146 valence electrons. The topological polar surface area (TPSA) is 91.2 Å². The molecule has 1 saturated heterocycles. The summed E-state index contributed by atoms with van der Waals surface area (Å²) < 4.78 is 65.5. The Hall–Kier alpha value is -2.50. The average molecular weight is 389 g/mol. The highest BCUT2D eigenvalue weighted by Gasteiger charge is 2.51. The minimum absolute atomic E-state index is 0.293. The van der Waals surface area contributed by atoms with Crippen molar-refractivity contribution in [1.82, 2.24) is 16.0 Å². The van der Waals surface area contributed by atoms with E-state index in [4.69, 9.17) is 5.73 Å². The zero-order valence-corrected chi connectivity index (χ0v) is 13.6. The number of anilines is 1. The van der Waals surface area contributed by atoms with Crippen molar-refractivity contribution in [2.75, 3.05) is 5.32 Å². The van der Waals surface area contributed by atoms with Crippen LogP contribution in [0.3, 0.4) is 0 Å². The molecule has 2 aromatic rings. The number of hydrogen-bond donors (Lipinski definition) is 5. The van der Waals surface area contributed by atoms with Crippen molar-refractivity contribution in [3.8, 4) is 0 Å². The first kappa shape index (κ1) is 19.3. The normalized spacial score (nSPS) is 26.0. The third kappa shape index (κ3) is 4.43. The summed E-state index contributed by atoms with van der Waals surface area (Å²) in [6.07, 6.45) is -10.3. The number of hydrogen-bond acceptors (Lipinski definition) is 4. The van der Waals surface area contributed by atoms with Crippen LogP contribution >= 0.6 is 0 Å². The fraction of sp³-hybridized carbons (Fsp3) is 0.312. The van der Waals surface area contributed by atoms with Crippen LogP contribution in [0.25, 0.3) is 10.8 Å². The van der Waals surface area contributed by atoms with Gasteiger partial charge in [-0.15, -0.1) is 0 Å². The van der Waals surface area contributed by atoms with E-state index in [9.17, 15) is 26.7 Å². The van der Waals surface area contributed by atoms with Crippen LogP contribution in [0.15, 0.2) is 36.4 Å².